The van der Waals surface area contributed by atoms with Crippen molar-refractivity contribution in [2.75, 3.05) is 13.6 Å². The highest BCUT2D eigenvalue weighted by molar-refractivity contribution is 5.05. The van der Waals surface area contributed by atoms with Gasteiger partial charge < -0.3 is 9.73 Å². The Balaban J connectivity index is 2.39. The molecule has 1 aromatic rings. The second-order valence-electron chi connectivity index (χ2n) is 5.89. The van der Waals surface area contributed by atoms with E-state index < -0.39 is 0 Å². The van der Waals surface area contributed by atoms with Crippen molar-refractivity contribution in [2.24, 2.45) is 0 Å². The van der Waals surface area contributed by atoms with Gasteiger partial charge in [0.15, 0.2) is 0 Å². The van der Waals surface area contributed by atoms with Crippen molar-refractivity contribution in [3.63, 3.8) is 0 Å². The van der Waals surface area contributed by atoms with Crippen molar-refractivity contribution in [3.05, 3.63) is 23.7 Å². The third kappa shape index (κ3) is 4.83. The molecule has 0 fully saturated rings. The Morgan fingerprint density at radius 1 is 1.39 bits per heavy atom. The van der Waals surface area contributed by atoms with Crippen molar-refractivity contribution in [3.8, 4) is 0 Å². The molecular weight excluding hydrogens is 224 g/mol. The van der Waals surface area contributed by atoms with Gasteiger partial charge in [0, 0.05) is 18.1 Å². The molecule has 0 saturated heterocycles. The predicted molar refractivity (Wildman–Crippen MR) is 76.7 cm³/mol. The lowest BCUT2D eigenvalue weighted by molar-refractivity contribution is 0.208. The Morgan fingerprint density at radius 3 is 2.56 bits per heavy atom. The van der Waals surface area contributed by atoms with Gasteiger partial charge >= 0.3 is 0 Å². The zero-order valence-corrected chi connectivity index (χ0v) is 12.7. The molecule has 1 unspecified atom stereocenters. The Kier molecular flexibility index (Phi) is 5.42. The number of rotatable bonds is 7. The van der Waals surface area contributed by atoms with Crippen molar-refractivity contribution < 1.29 is 4.42 Å². The molecule has 1 aromatic heterocycles. The van der Waals surface area contributed by atoms with Gasteiger partial charge in [0.05, 0.1) is 6.54 Å². The molecule has 0 saturated carbocycles. The van der Waals surface area contributed by atoms with E-state index in [-0.39, 0.29) is 5.54 Å². The van der Waals surface area contributed by atoms with Crippen molar-refractivity contribution >= 4 is 0 Å². The fraction of sp³-hybridized carbons (Fsp3) is 0.733. The first-order chi connectivity index (χ1) is 8.34. The molecule has 0 bridgehead atoms. The topological polar surface area (TPSA) is 28.4 Å². The highest BCUT2D eigenvalue weighted by Crippen LogP contribution is 2.11. The molecular formula is C15H28N2O. The smallest absolute Gasteiger partial charge is 0.118 e. The maximum atomic E-state index is 5.61. The van der Waals surface area contributed by atoms with Crippen LogP contribution in [0.4, 0.5) is 0 Å². The van der Waals surface area contributed by atoms with Crippen molar-refractivity contribution in [1.82, 2.24) is 10.2 Å². The number of hydrogen-bond donors (Lipinski definition) is 1. The molecule has 0 aliphatic rings. The Bertz CT molecular complexity index is 357. The van der Waals surface area contributed by atoms with Gasteiger partial charge in [-0.05, 0) is 53.3 Å². The summed E-state index contributed by atoms with van der Waals surface area (Å²) in [6.45, 7) is 12.8. The van der Waals surface area contributed by atoms with E-state index >= 15 is 0 Å². The summed E-state index contributed by atoms with van der Waals surface area (Å²) in [7, 11) is 2.14. The summed E-state index contributed by atoms with van der Waals surface area (Å²) >= 11 is 0. The largest absolute Gasteiger partial charge is 0.465 e. The van der Waals surface area contributed by atoms with Crippen molar-refractivity contribution in [1.29, 1.82) is 0 Å². The molecule has 0 aromatic carbocycles. The summed E-state index contributed by atoms with van der Waals surface area (Å²) in [5, 5.41) is 3.61. The summed E-state index contributed by atoms with van der Waals surface area (Å²) in [5.41, 5.74) is 0.219. The van der Waals surface area contributed by atoms with Crippen LogP contribution in [0.15, 0.2) is 16.5 Å². The van der Waals surface area contributed by atoms with Crippen LogP contribution in [0, 0.1) is 6.92 Å². The zero-order valence-electron chi connectivity index (χ0n) is 12.7. The molecule has 0 radical (unpaired) electrons. The van der Waals surface area contributed by atoms with Crippen LogP contribution in [0.1, 0.15) is 45.6 Å². The monoisotopic (exact) mass is 252 g/mol. The van der Waals surface area contributed by atoms with Gasteiger partial charge in [0.25, 0.3) is 0 Å². The van der Waals surface area contributed by atoms with E-state index in [9.17, 15) is 0 Å². The van der Waals surface area contributed by atoms with E-state index in [0.29, 0.717) is 6.04 Å². The minimum absolute atomic E-state index is 0.219. The number of furan rings is 1. The molecule has 0 spiro atoms. The molecule has 1 rings (SSSR count). The van der Waals surface area contributed by atoms with Crippen LogP contribution in [-0.4, -0.2) is 30.1 Å². The van der Waals surface area contributed by atoms with Gasteiger partial charge in [0.2, 0.25) is 0 Å². The van der Waals surface area contributed by atoms with Crippen LogP contribution >= 0.6 is 0 Å². The maximum absolute atomic E-state index is 5.61. The second kappa shape index (κ2) is 6.39. The van der Waals surface area contributed by atoms with Crippen LogP contribution in [0.3, 0.4) is 0 Å². The van der Waals surface area contributed by atoms with Gasteiger partial charge in [-0.1, -0.05) is 6.92 Å². The standard InChI is InChI=1S/C15H28N2O/c1-7-15(4,5)16-10-12(2)17(6)11-14-9-8-13(3)18-14/h8-9,12,16H,7,10-11H2,1-6H3. The van der Waals surface area contributed by atoms with Crippen molar-refractivity contribution in [2.45, 2.75) is 59.2 Å². The summed E-state index contributed by atoms with van der Waals surface area (Å²) in [6.07, 6.45) is 1.14. The van der Waals surface area contributed by atoms with E-state index in [4.69, 9.17) is 4.42 Å². The number of hydrogen-bond acceptors (Lipinski definition) is 3. The van der Waals surface area contributed by atoms with Crippen LogP contribution in [-0.2, 0) is 6.54 Å². The average Bonchev–Trinajstić information content (AvgIpc) is 2.71. The molecule has 1 atom stereocenters. The molecule has 18 heavy (non-hydrogen) atoms. The average molecular weight is 252 g/mol. The first kappa shape index (κ1) is 15.3. The Morgan fingerprint density at radius 2 is 2.06 bits per heavy atom. The quantitative estimate of drug-likeness (QED) is 0.808. The first-order valence-electron chi connectivity index (χ1n) is 6.84. The molecule has 0 aliphatic heterocycles. The number of nitrogens with zero attached hydrogens (tertiary/aromatic N) is 1. The molecule has 3 nitrogen and oxygen atoms in total. The van der Waals surface area contributed by atoms with Crippen LogP contribution in [0.25, 0.3) is 0 Å². The predicted octanol–water partition coefficient (Wildman–Crippen LogP) is 3.19. The minimum Gasteiger partial charge on any atom is -0.465 e. The lowest BCUT2D eigenvalue weighted by Crippen LogP contribution is -2.46. The van der Waals surface area contributed by atoms with Crippen LogP contribution in [0.2, 0.25) is 0 Å². The molecule has 0 aliphatic carbocycles. The third-order valence-corrected chi connectivity index (χ3v) is 3.71. The number of nitrogens with one attached hydrogen (secondary N) is 1. The third-order valence-electron chi connectivity index (χ3n) is 3.71. The normalized spacial score (nSPS) is 14.2. The molecule has 1 N–H and O–H groups in total. The van der Waals surface area contributed by atoms with E-state index in [0.717, 1.165) is 31.0 Å². The molecule has 1 heterocycles. The van der Waals surface area contributed by atoms with Gasteiger partial charge in [-0.15, -0.1) is 0 Å². The van der Waals surface area contributed by atoms with E-state index in [1.165, 1.54) is 0 Å². The summed E-state index contributed by atoms with van der Waals surface area (Å²) in [6, 6.07) is 4.56. The highest BCUT2D eigenvalue weighted by atomic mass is 16.3. The zero-order chi connectivity index (χ0) is 13.8. The lowest BCUT2D eigenvalue weighted by atomic mass is 10.0. The lowest BCUT2D eigenvalue weighted by Gasteiger charge is -2.30. The first-order valence-corrected chi connectivity index (χ1v) is 6.84. The van der Waals surface area contributed by atoms with E-state index in [1.54, 1.807) is 0 Å². The fourth-order valence-corrected chi connectivity index (χ4v) is 1.68. The number of likely N-dealkylation sites (N-methyl/N-ethyl adjacent to an activating group) is 1. The summed E-state index contributed by atoms with van der Waals surface area (Å²) < 4.78 is 5.61. The Labute approximate surface area is 112 Å². The summed E-state index contributed by atoms with van der Waals surface area (Å²) in [5.74, 6) is 2.02. The maximum Gasteiger partial charge on any atom is 0.118 e. The second-order valence-corrected chi connectivity index (χ2v) is 5.89. The summed E-state index contributed by atoms with van der Waals surface area (Å²) in [4.78, 5) is 2.32. The highest BCUT2D eigenvalue weighted by Gasteiger charge is 2.17. The van der Waals surface area contributed by atoms with Gasteiger partial charge in [0.1, 0.15) is 11.5 Å². The number of aryl methyl sites for hydroxylation is 1. The molecule has 104 valence electrons. The van der Waals surface area contributed by atoms with Crippen LogP contribution < -0.4 is 5.32 Å². The van der Waals surface area contributed by atoms with Crippen LogP contribution in [0.5, 0.6) is 0 Å². The van der Waals surface area contributed by atoms with E-state index in [1.807, 2.05) is 13.0 Å². The molecule has 0 amide bonds. The van der Waals surface area contributed by atoms with Gasteiger partial charge in [-0.25, -0.2) is 0 Å². The minimum atomic E-state index is 0.219. The SMILES string of the molecule is CCC(C)(C)NCC(C)N(C)Cc1ccc(C)o1. The molecule has 3 heteroatoms. The fourth-order valence-electron chi connectivity index (χ4n) is 1.68. The van der Waals surface area contributed by atoms with E-state index in [2.05, 4.69) is 51.0 Å². The van der Waals surface area contributed by atoms with Gasteiger partial charge in [-0.2, -0.15) is 0 Å². The Hall–Kier alpha value is -0.800. The van der Waals surface area contributed by atoms with Gasteiger partial charge in [-0.3, -0.25) is 4.90 Å².